The molecule has 0 bridgehead atoms. The molecule has 1 atom stereocenters. The third-order valence-corrected chi connectivity index (χ3v) is 5.46. The Morgan fingerprint density at radius 1 is 1.12 bits per heavy atom. The van der Waals surface area contributed by atoms with E-state index in [1.54, 1.807) is 20.1 Å². The summed E-state index contributed by atoms with van der Waals surface area (Å²) < 4.78 is 22.3. The van der Waals surface area contributed by atoms with E-state index >= 15 is 0 Å². The average molecular weight is 442 g/mol. The van der Waals surface area contributed by atoms with E-state index in [1.165, 1.54) is 7.11 Å². The lowest BCUT2D eigenvalue weighted by atomic mass is 10.1. The fourth-order valence-corrected chi connectivity index (χ4v) is 3.72. The number of carbonyl (C=O) groups is 2. The lowest BCUT2D eigenvalue weighted by molar-refractivity contribution is -0.116. The van der Waals surface area contributed by atoms with Gasteiger partial charge in [0.1, 0.15) is 18.5 Å². The molecule has 172 valence electrons. The number of aryl methyl sites for hydroxylation is 1. The van der Waals surface area contributed by atoms with E-state index in [-0.39, 0.29) is 17.9 Å². The number of nitrogens with zero attached hydrogens (tertiary/aromatic N) is 1. The molecule has 1 aliphatic rings. The number of hydrogen-bond acceptors (Lipinski definition) is 7. The van der Waals surface area contributed by atoms with Gasteiger partial charge in [-0.2, -0.15) is 0 Å². The predicted molar refractivity (Wildman–Crippen MR) is 120 cm³/mol. The molecule has 32 heavy (non-hydrogen) atoms. The standard InChI is InChI=1S/C25H31NO6/c1-18(27)8-9-19-10-11-23(24(14-19)29-2)32-17-21-16-26(12-13-31-21)15-20-6-4-5-7-22(20)25(28)30-3/h4-7,10-11,14,21H,8-9,12-13,15-17H2,1-3H3. The van der Waals surface area contributed by atoms with E-state index in [4.69, 9.17) is 18.9 Å². The van der Waals surface area contributed by atoms with Crippen LogP contribution in [-0.4, -0.2) is 63.3 Å². The highest BCUT2D eigenvalue weighted by molar-refractivity contribution is 5.90. The number of rotatable bonds is 10. The van der Waals surface area contributed by atoms with Gasteiger partial charge in [0.25, 0.3) is 0 Å². The van der Waals surface area contributed by atoms with Crippen LogP contribution in [0.4, 0.5) is 0 Å². The number of methoxy groups -OCH3 is 2. The first kappa shape index (κ1) is 23.8. The average Bonchev–Trinajstić information content (AvgIpc) is 2.81. The van der Waals surface area contributed by atoms with Crippen molar-refractivity contribution in [2.24, 2.45) is 0 Å². The van der Waals surface area contributed by atoms with Crippen molar-refractivity contribution in [3.63, 3.8) is 0 Å². The number of benzene rings is 2. The summed E-state index contributed by atoms with van der Waals surface area (Å²) in [5.74, 6) is 1.13. The van der Waals surface area contributed by atoms with Crippen LogP contribution in [0, 0.1) is 0 Å². The molecule has 0 radical (unpaired) electrons. The summed E-state index contributed by atoms with van der Waals surface area (Å²) >= 11 is 0. The molecule has 1 unspecified atom stereocenters. The lowest BCUT2D eigenvalue weighted by Gasteiger charge is -2.33. The minimum absolute atomic E-state index is 0.101. The molecule has 3 rings (SSSR count). The fraction of sp³-hybridized carbons (Fsp3) is 0.440. The van der Waals surface area contributed by atoms with E-state index in [1.807, 2.05) is 36.4 Å². The van der Waals surface area contributed by atoms with E-state index in [9.17, 15) is 9.59 Å². The summed E-state index contributed by atoms with van der Waals surface area (Å²) in [4.78, 5) is 25.5. The lowest BCUT2D eigenvalue weighted by Crippen LogP contribution is -2.44. The summed E-state index contributed by atoms with van der Waals surface area (Å²) in [6, 6.07) is 13.2. The highest BCUT2D eigenvalue weighted by atomic mass is 16.5. The molecule has 0 aromatic heterocycles. The molecule has 1 fully saturated rings. The molecular weight excluding hydrogens is 410 g/mol. The van der Waals surface area contributed by atoms with Crippen LogP contribution >= 0.6 is 0 Å². The first-order valence-electron chi connectivity index (χ1n) is 10.8. The Hall–Kier alpha value is -2.90. The summed E-state index contributed by atoms with van der Waals surface area (Å²) in [5, 5.41) is 0. The second-order valence-corrected chi connectivity index (χ2v) is 7.87. The Morgan fingerprint density at radius 3 is 2.69 bits per heavy atom. The van der Waals surface area contributed by atoms with Crippen LogP contribution < -0.4 is 9.47 Å². The van der Waals surface area contributed by atoms with Crippen molar-refractivity contribution in [3.8, 4) is 11.5 Å². The smallest absolute Gasteiger partial charge is 0.338 e. The molecule has 7 nitrogen and oxygen atoms in total. The molecule has 0 N–H and O–H groups in total. The second kappa shape index (κ2) is 11.6. The second-order valence-electron chi connectivity index (χ2n) is 7.87. The van der Waals surface area contributed by atoms with E-state index in [2.05, 4.69) is 4.90 Å². The number of ether oxygens (including phenoxy) is 4. The van der Waals surface area contributed by atoms with Crippen LogP contribution in [0.25, 0.3) is 0 Å². The number of esters is 1. The maximum absolute atomic E-state index is 12.0. The quantitative estimate of drug-likeness (QED) is 0.524. The zero-order valence-electron chi connectivity index (χ0n) is 19.0. The Morgan fingerprint density at radius 2 is 1.94 bits per heavy atom. The Labute approximate surface area is 189 Å². The van der Waals surface area contributed by atoms with Crippen LogP contribution in [0.15, 0.2) is 42.5 Å². The molecule has 0 aliphatic carbocycles. The maximum Gasteiger partial charge on any atom is 0.338 e. The van der Waals surface area contributed by atoms with E-state index in [0.717, 1.165) is 17.7 Å². The molecule has 7 heteroatoms. The van der Waals surface area contributed by atoms with Crippen molar-refractivity contribution in [2.75, 3.05) is 40.5 Å². The Bertz CT molecular complexity index is 928. The van der Waals surface area contributed by atoms with Crippen LogP contribution in [0.5, 0.6) is 11.5 Å². The topological polar surface area (TPSA) is 74.3 Å². The summed E-state index contributed by atoms with van der Waals surface area (Å²) in [6.45, 7) is 4.68. The van der Waals surface area contributed by atoms with Crippen LogP contribution in [-0.2, 0) is 27.2 Å². The van der Waals surface area contributed by atoms with Crippen LogP contribution in [0.1, 0.15) is 34.8 Å². The van der Waals surface area contributed by atoms with Crippen molar-refractivity contribution in [2.45, 2.75) is 32.4 Å². The molecule has 1 aliphatic heterocycles. The van der Waals surface area contributed by atoms with Gasteiger partial charge in [-0.1, -0.05) is 24.3 Å². The van der Waals surface area contributed by atoms with E-state index in [0.29, 0.717) is 56.2 Å². The van der Waals surface area contributed by atoms with Gasteiger partial charge in [-0.3, -0.25) is 4.90 Å². The highest BCUT2D eigenvalue weighted by Crippen LogP contribution is 2.29. The number of morpholine rings is 1. The van der Waals surface area contributed by atoms with Crippen LogP contribution in [0.3, 0.4) is 0 Å². The normalized spacial score (nSPS) is 16.4. The van der Waals surface area contributed by atoms with Gasteiger partial charge in [-0.15, -0.1) is 0 Å². The predicted octanol–water partition coefficient (Wildman–Crippen LogP) is 3.28. The Balaban J connectivity index is 1.58. The number of hydrogen-bond donors (Lipinski definition) is 0. The Kier molecular flexibility index (Phi) is 8.64. The third kappa shape index (κ3) is 6.55. The number of Topliss-reactive ketones (excluding diaryl/α,β-unsaturated/α-hetero) is 1. The molecule has 0 amide bonds. The van der Waals surface area contributed by atoms with Gasteiger partial charge in [0.2, 0.25) is 0 Å². The van der Waals surface area contributed by atoms with Crippen molar-refractivity contribution in [3.05, 3.63) is 59.2 Å². The fourth-order valence-electron chi connectivity index (χ4n) is 3.72. The first-order valence-corrected chi connectivity index (χ1v) is 10.8. The summed E-state index contributed by atoms with van der Waals surface area (Å²) in [5.41, 5.74) is 2.56. The van der Waals surface area contributed by atoms with Gasteiger partial charge < -0.3 is 23.7 Å². The first-order chi connectivity index (χ1) is 15.5. The maximum atomic E-state index is 12.0. The van der Waals surface area contributed by atoms with E-state index < -0.39 is 0 Å². The van der Waals surface area contributed by atoms with Crippen molar-refractivity contribution < 1.29 is 28.5 Å². The molecule has 2 aromatic rings. The minimum atomic E-state index is -0.326. The minimum Gasteiger partial charge on any atom is -0.493 e. The van der Waals surface area contributed by atoms with Crippen LogP contribution in [0.2, 0.25) is 0 Å². The molecule has 2 aromatic carbocycles. The van der Waals surface area contributed by atoms with Gasteiger partial charge in [0.15, 0.2) is 11.5 Å². The highest BCUT2D eigenvalue weighted by Gasteiger charge is 2.23. The summed E-state index contributed by atoms with van der Waals surface area (Å²) in [7, 11) is 3.00. The van der Waals surface area contributed by atoms with Gasteiger partial charge in [-0.25, -0.2) is 4.79 Å². The van der Waals surface area contributed by atoms with Crippen molar-refractivity contribution in [1.82, 2.24) is 4.90 Å². The zero-order valence-corrected chi connectivity index (χ0v) is 19.0. The van der Waals surface area contributed by atoms with Crippen molar-refractivity contribution in [1.29, 1.82) is 0 Å². The number of carbonyl (C=O) groups excluding carboxylic acids is 2. The SMILES string of the molecule is COC(=O)c1ccccc1CN1CCOC(COc2ccc(CCC(C)=O)cc2OC)C1. The molecule has 0 saturated carbocycles. The molecule has 1 heterocycles. The van der Waals surface area contributed by atoms with Gasteiger partial charge in [0.05, 0.1) is 26.4 Å². The zero-order chi connectivity index (χ0) is 22.9. The summed E-state index contributed by atoms with van der Waals surface area (Å²) in [6.07, 6.45) is 1.09. The van der Waals surface area contributed by atoms with Gasteiger partial charge in [-0.05, 0) is 42.7 Å². The molecule has 1 saturated heterocycles. The molecular formula is C25H31NO6. The van der Waals surface area contributed by atoms with Gasteiger partial charge >= 0.3 is 5.97 Å². The number of ketones is 1. The van der Waals surface area contributed by atoms with Gasteiger partial charge in [0, 0.05) is 26.1 Å². The monoisotopic (exact) mass is 441 g/mol. The third-order valence-electron chi connectivity index (χ3n) is 5.46. The largest absolute Gasteiger partial charge is 0.493 e. The molecule has 0 spiro atoms. The van der Waals surface area contributed by atoms with Crippen molar-refractivity contribution >= 4 is 11.8 Å².